The molecule has 0 aromatic heterocycles. The maximum atomic E-state index is 5.92. The van der Waals surface area contributed by atoms with Gasteiger partial charge in [0.25, 0.3) is 0 Å². The Bertz CT molecular complexity index is 331. The van der Waals surface area contributed by atoms with Crippen molar-refractivity contribution in [2.75, 3.05) is 5.32 Å². The first-order chi connectivity index (χ1) is 6.07. The topological polar surface area (TPSA) is 12.0 Å². The lowest BCUT2D eigenvalue weighted by molar-refractivity contribution is 0.502. The molecule has 0 spiro atoms. The van der Waals surface area contributed by atoms with Crippen molar-refractivity contribution in [3.63, 3.8) is 0 Å². The Labute approximate surface area is 84.1 Å². The van der Waals surface area contributed by atoms with Gasteiger partial charge in [0.15, 0.2) is 0 Å². The molecule has 0 saturated carbocycles. The summed E-state index contributed by atoms with van der Waals surface area (Å²) in [5, 5.41) is 4.34. The van der Waals surface area contributed by atoms with Crippen molar-refractivity contribution in [2.45, 2.75) is 32.2 Å². The van der Waals surface area contributed by atoms with Crippen LogP contribution in [0.2, 0.25) is 5.02 Å². The third-order valence-corrected chi connectivity index (χ3v) is 2.79. The second kappa shape index (κ2) is 2.91. The quantitative estimate of drug-likeness (QED) is 0.669. The van der Waals surface area contributed by atoms with Gasteiger partial charge >= 0.3 is 0 Å². The van der Waals surface area contributed by atoms with E-state index >= 15 is 0 Å². The average Bonchev–Trinajstić information content (AvgIpc) is 2.05. The van der Waals surface area contributed by atoms with Gasteiger partial charge in [-0.15, -0.1) is 0 Å². The highest BCUT2D eigenvalue weighted by molar-refractivity contribution is 6.30. The van der Waals surface area contributed by atoms with Crippen LogP contribution in [0.5, 0.6) is 0 Å². The van der Waals surface area contributed by atoms with Crippen LogP contribution in [0.1, 0.15) is 25.8 Å². The van der Waals surface area contributed by atoms with Gasteiger partial charge in [-0.1, -0.05) is 11.6 Å². The molecule has 1 N–H and O–H groups in total. The molecule has 0 amide bonds. The molecular formula is C11H14ClN. The predicted molar refractivity (Wildman–Crippen MR) is 57.5 cm³/mol. The third-order valence-electron chi connectivity index (χ3n) is 2.56. The molecule has 2 rings (SSSR count). The number of benzene rings is 1. The van der Waals surface area contributed by atoms with Crippen molar-refractivity contribution in [1.82, 2.24) is 0 Å². The Morgan fingerprint density at radius 2 is 2.15 bits per heavy atom. The van der Waals surface area contributed by atoms with Crippen LogP contribution in [0.4, 0.5) is 5.69 Å². The van der Waals surface area contributed by atoms with Crippen molar-refractivity contribution >= 4 is 17.3 Å². The van der Waals surface area contributed by atoms with E-state index in [0.717, 1.165) is 11.4 Å². The number of nitrogens with one attached hydrogen (secondary N) is 1. The number of fused-ring (bicyclic) bond motifs is 1. The Kier molecular flexibility index (Phi) is 1.99. The third kappa shape index (κ3) is 1.80. The highest BCUT2D eigenvalue weighted by atomic mass is 35.5. The second-order valence-corrected chi connectivity index (χ2v) is 4.75. The van der Waals surface area contributed by atoms with E-state index in [2.05, 4.69) is 31.3 Å². The first-order valence-electron chi connectivity index (χ1n) is 4.63. The number of anilines is 1. The monoisotopic (exact) mass is 195 g/mol. The van der Waals surface area contributed by atoms with E-state index in [1.165, 1.54) is 17.7 Å². The second-order valence-electron chi connectivity index (χ2n) is 4.31. The molecule has 1 nitrogen and oxygen atoms in total. The molecule has 0 atom stereocenters. The van der Waals surface area contributed by atoms with Gasteiger partial charge in [-0.25, -0.2) is 0 Å². The van der Waals surface area contributed by atoms with Gasteiger partial charge in [-0.2, -0.15) is 0 Å². The first kappa shape index (κ1) is 8.89. The van der Waals surface area contributed by atoms with Gasteiger partial charge in [0.05, 0.1) is 0 Å². The summed E-state index contributed by atoms with van der Waals surface area (Å²) in [7, 11) is 0. The molecule has 0 bridgehead atoms. The van der Waals surface area contributed by atoms with Crippen molar-refractivity contribution in [3.05, 3.63) is 28.8 Å². The van der Waals surface area contributed by atoms with Gasteiger partial charge in [-0.05, 0) is 50.5 Å². The summed E-state index contributed by atoms with van der Waals surface area (Å²) >= 11 is 5.92. The first-order valence-corrected chi connectivity index (χ1v) is 5.01. The molecule has 1 aliphatic rings. The van der Waals surface area contributed by atoms with Crippen molar-refractivity contribution in [2.24, 2.45) is 0 Å². The van der Waals surface area contributed by atoms with Crippen LogP contribution in [-0.2, 0) is 6.42 Å². The van der Waals surface area contributed by atoms with E-state index in [-0.39, 0.29) is 5.54 Å². The minimum absolute atomic E-state index is 0.223. The van der Waals surface area contributed by atoms with Crippen LogP contribution in [0.25, 0.3) is 0 Å². The highest BCUT2D eigenvalue weighted by Gasteiger charge is 2.23. The maximum Gasteiger partial charge on any atom is 0.0410 e. The van der Waals surface area contributed by atoms with Crippen LogP contribution in [0, 0.1) is 0 Å². The van der Waals surface area contributed by atoms with Gasteiger partial charge in [0.2, 0.25) is 0 Å². The zero-order valence-corrected chi connectivity index (χ0v) is 8.78. The van der Waals surface area contributed by atoms with Gasteiger partial charge in [0.1, 0.15) is 0 Å². The smallest absolute Gasteiger partial charge is 0.0410 e. The molecule has 1 aliphatic heterocycles. The van der Waals surface area contributed by atoms with Gasteiger partial charge in [-0.3, -0.25) is 0 Å². The normalized spacial score (nSPS) is 19.0. The van der Waals surface area contributed by atoms with E-state index in [4.69, 9.17) is 11.6 Å². The highest BCUT2D eigenvalue weighted by Crippen LogP contribution is 2.31. The predicted octanol–water partition coefficient (Wildman–Crippen LogP) is 3.48. The fourth-order valence-corrected chi connectivity index (χ4v) is 1.96. The SMILES string of the molecule is CC1(C)CCc2cc(Cl)ccc2N1. The lowest BCUT2D eigenvalue weighted by Crippen LogP contribution is -2.35. The molecule has 1 heterocycles. The van der Waals surface area contributed by atoms with Crippen LogP contribution in [0.3, 0.4) is 0 Å². The number of hydrogen-bond donors (Lipinski definition) is 1. The molecule has 13 heavy (non-hydrogen) atoms. The van der Waals surface area contributed by atoms with Crippen molar-refractivity contribution < 1.29 is 0 Å². The molecule has 0 unspecified atom stereocenters. The van der Waals surface area contributed by atoms with E-state index < -0.39 is 0 Å². The van der Waals surface area contributed by atoms with Crippen LogP contribution < -0.4 is 5.32 Å². The van der Waals surface area contributed by atoms with Crippen molar-refractivity contribution in [3.8, 4) is 0 Å². The fraction of sp³-hybridized carbons (Fsp3) is 0.455. The summed E-state index contributed by atoms with van der Waals surface area (Å²) in [5.74, 6) is 0. The lowest BCUT2D eigenvalue weighted by Gasteiger charge is -2.33. The summed E-state index contributed by atoms with van der Waals surface area (Å²) in [5.41, 5.74) is 2.80. The zero-order chi connectivity index (χ0) is 9.47. The summed E-state index contributed by atoms with van der Waals surface area (Å²) in [6, 6.07) is 6.06. The van der Waals surface area contributed by atoms with Gasteiger partial charge in [0, 0.05) is 16.2 Å². The molecule has 2 heteroatoms. The zero-order valence-electron chi connectivity index (χ0n) is 8.02. The van der Waals surface area contributed by atoms with Gasteiger partial charge < -0.3 is 5.32 Å². The molecule has 1 aromatic carbocycles. The largest absolute Gasteiger partial charge is 0.380 e. The fourth-order valence-electron chi connectivity index (χ4n) is 1.77. The number of aryl methyl sites for hydroxylation is 1. The maximum absolute atomic E-state index is 5.92. The molecule has 0 radical (unpaired) electrons. The molecule has 0 saturated heterocycles. The molecular weight excluding hydrogens is 182 g/mol. The molecule has 0 aliphatic carbocycles. The molecule has 1 aromatic rings. The Morgan fingerprint density at radius 1 is 1.38 bits per heavy atom. The van der Waals surface area contributed by atoms with Crippen molar-refractivity contribution in [1.29, 1.82) is 0 Å². The summed E-state index contributed by atoms with van der Waals surface area (Å²) in [4.78, 5) is 0. The average molecular weight is 196 g/mol. The molecule has 70 valence electrons. The summed E-state index contributed by atoms with van der Waals surface area (Å²) < 4.78 is 0. The van der Waals surface area contributed by atoms with E-state index in [1.807, 2.05) is 6.07 Å². The van der Waals surface area contributed by atoms with E-state index in [0.29, 0.717) is 0 Å². The summed E-state index contributed by atoms with van der Waals surface area (Å²) in [6.07, 6.45) is 2.29. The lowest BCUT2D eigenvalue weighted by atomic mass is 9.89. The Balaban J connectivity index is 2.37. The number of halogens is 1. The van der Waals surface area contributed by atoms with Crippen LogP contribution >= 0.6 is 11.6 Å². The van der Waals surface area contributed by atoms with Crippen LogP contribution in [0.15, 0.2) is 18.2 Å². The Morgan fingerprint density at radius 3 is 2.92 bits per heavy atom. The minimum atomic E-state index is 0.223. The van der Waals surface area contributed by atoms with E-state index in [9.17, 15) is 0 Å². The molecule has 0 fully saturated rings. The van der Waals surface area contributed by atoms with E-state index in [1.54, 1.807) is 0 Å². The number of hydrogen-bond acceptors (Lipinski definition) is 1. The van der Waals surface area contributed by atoms with Crippen LogP contribution in [-0.4, -0.2) is 5.54 Å². The summed E-state index contributed by atoms with van der Waals surface area (Å²) in [6.45, 7) is 4.45. The minimum Gasteiger partial charge on any atom is -0.380 e. The standard InChI is InChI=1S/C11H14ClN/c1-11(2)6-5-8-7-9(12)3-4-10(8)13-11/h3-4,7,13H,5-6H2,1-2H3. The number of rotatable bonds is 0. The Hall–Kier alpha value is -0.690.